The van der Waals surface area contributed by atoms with Crippen LogP contribution in [0.1, 0.15) is 36.4 Å². The first kappa shape index (κ1) is 74.6. The number of benzene rings is 6. The van der Waals surface area contributed by atoms with E-state index in [-0.39, 0.29) is 138 Å². The minimum Gasteiger partial charge on any atom is -0.394 e. The first-order valence-electron chi connectivity index (χ1n) is 27.9. The molecule has 93 heavy (non-hydrogen) atoms. The van der Waals surface area contributed by atoms with Crippen molar-refractivity contribution >= 4 is 74.9 Å². The quantitative estimate of drug-likeness (QED) is 0.0104. The fourth-order valence-corrected chi connectivity index (χ4v) is 11.9. The molecule has 0 amide bonds. The van der Waals surface area contributed by atoms with E-state index in [1.807, 2.05) is 13.8 Å². The second-order valence-corrected chi connectivity index (χ2v) is 26.2. The summed E-state index contributed by atoms with van der Waals surface area (Å²) in [4.78, 5) is 0.752. The summed E-state index contributed by atoms with van der Waals surface area (Å²) in [6.07, 6.45) is 0. The number of ether oxygens (including phenoxy) is 3. The molecular formula is C59H69N11NaO18S4+. The molecule has 0 atom stereocenters. The predicted molar refractivity (Wildman–Crippen MR) is 337 cm³/mol. The number of azo groups is 2. The molecule has 8 aromatic rings. The molecule has 0 unspecified atom stereocenters. The number of aliphatic hydroxyl groups is 3. The minimum absolute atomic E-state index is 0. The monoisotopic (exact) mass is 1370 g/mol. The first-order chi connectivity index (χ1) is 43.7. The van der Waals surface area contributed by atoms with E-state index >= 15 is 0 Å². The Kier molecular flexibility index (Phi) is 27.0. The number of hydrogen-bond donors (Lipinski definition) is 7. The third kappa shape index (κ3) is 20.3. The molecule has 2 heterocycles. The number of aliphatic hydroxyl groups excluding tert-OH is 3. The van der Waals surface area contributed by atoms with Crippen LogP contribution in [0, 0.1) is 13.8 Å². The summed E-state index contributed by atoms with van der Waals surface area (Å²) in [5, 5.41) is 51.1. The van der Waals surface area contributed by atoms with E-state index in [1.165, 1.54) is 119 Å². The molecule has 2 aromatic heterocycles. The van der Waals surface area contributed by atoms with Crippen molar-refractivity contribution in [3.63, 3.8) is 0 Å². The number of hydrogen-bond acceptors (Lipinski definition) is 25. The maximum Gasteiger partial charge on any atom is 1.00 e. The van der Waals surface area contributed by atoms with Gasteiger partial charge in [0, 0.05) is 25.0 Å². The Morgan fingerprint density at radius 3 is 1.16 bits per heavy atom. The number of nitrogens with zero attached hydrogens (tertiary/aromatic N) is 9. The second kappa shape index (κ2) is 33.6. The summed E-state index contributed by atoms with van der Waals surface area (Å²) in [6.45, 7) is 11.9. The normalized spacial score (nSPS) is 12.3. The van der Waals surface area contributed by atoms with Crippen LogP contribution in [0.2, 0.25) is 0 Å². The zero-order chi connectivity index (χ0) is 66.9. The van der Waals surface area contributed by atoms with Gasteiger partial charge in [0.15, 0.2) is 23.0 Å². The Labute approximate surface area is 560 Å². The third-order valence-corrected chi connectivity index (χ3v) is 17.8. The van der Waals surface area contributed by atoms with Gasteiger partial charge in [-0.2, -0.15) is 43.9 Å². The van der Waals surface area contributed by atoms with Gasteiger partial charge in [-0.15, -0.1) is 20.5 Å². The average molecular weight is 1370 g/mol. The fraction of sp³-hybridized carbons (Fsp3) is 0.288. The molecule has 29 nitrogen and oxygen atoms in total. The number of rotatable bonds is 31. The van der Waals surface area contributed by atoms with Crippen molar-refractivity contribution < 1.29 is 110 Å². The molecule has 0 aliphatic rings. The maximum atomic E-state index is 13.7. The Hall–Kier alpha value is -7.42. The molecule has 492 valence electrons. The maximum absolute atomic E-state index is 13.7. The van der Waals surface area contributed by atoms with Gasteiger partial charge >= 0.3 is 49.8 Å². The standard InChI is InChI=1S/C47H42N10O12S4.C12H27NO6.Na/c1-29-43(45(48)56(54-29)33-11-9-13-37(27-33)70(58,59)60)52-50-39-15-5-7-17-41(39)72(64,65)68-35-23-19-31(20-24-35)47(3,4)32-21-25-36(26-22-32)69-73(66,67)42-18-8-6-16-40(42)51-53-44-30(2)55-57(46(44)49)34-12-10-14-38(28-34)71(61,62)63;14-4-10-17-7-1-13(2-8-18-11-5-15)3-9-19-12-6-16;/h5-28H,48-49H2,1-4H3,(H,58,59,60)(H,61,62,63);14-16H,1-12H2;/q;;+1. The number of aromatic nitrogens is 4. The van der Waals surface area contributed by atoms with E-state index in [0.29, 0.717) is 39.6 Å². The van der Waals surface area contributed by atoms with Crippen LogP contribution in [0.4, 0.5) is 34.4 Å². The number of anilines is 2. The van der Waals surface area contributed by atoms with Crippen molar-refractivity contribution in [1.82, 2.24) is 24.5 Å². The summed E-state index contributed by atoms with van der Waals surface area (Å²) in [5.41, 5.74) is 14.4. The van der Waals surface area contributed by atoms with Crippen LogP contribution >= 0.6 is 0 Å². The van der Waals surface area contributed by atoms with E-state index in [0.717, 1.165) is 30.8 Å². The van der Waals surface area contributed by atoms with Crippen molar-refractivity contribution in [2.24, 2.45) is 20.5 Å². The molecule has 0 fully saturated rings. The summed E-state index contributed by atoms with van der Waals surface area (Å²) < 4.78 is 150. The van der Waals surface area contributed by atoms with Crippen LogP contribution in [0.25, 0.3) is 11.4 Å². The molecular weight excluding hydrogens is 1300 g/mol. The molecule has 0 saturated heterocycles. The minimum atomic E-state index is -4.52. The Morgan fingerprint density at radius 1 is 0.484 bits per heavy atom. The smallest absolute Gasteiger partial charge is 0.394 e. The Balaban J connectivity index is 0.000000594. The van der Waals surface area contributed by atoms with Crippen LogP contribution < -0.4 is 49.4 Å². The summed E-state index contributed by atoms with van der Waals surface area (Å²) in [5.74, 6) is -0.0919. The molecule has 34 heteroatoms. The van der Waals surface area contributed by atoms with Crippen LogP contribution in [-0.2, 0) is 60.1 Å². The van der Waals surface area contributed by atoms with Crippen molar-refractivity contribution in [3.05, 3.63) is 168 Å². The second-order valence-electron chi connectivity index (χ2n) is 20.3. The van der Waals surface area contributed by atoms with Crippen molar-refractivity contribution in [2.75, 3.05) is 90.6 Å². The zero-order valence-corrected chi connectivity index (χ0v) is 56.5. The topological polar surface area (TPSA) is 424 Å². The van der Waals surface area contributed by atoms with E-state index in [9.17, 15) is 42.8 Å². The number of nitrogens with two attached hydrogens (primary N) is 2. The van der Waals surface area contributed by atoms with E-state index in [1.54, 1.807) is 50.2 Å². The Bertz CT molecular complexity index is 4060. The van der Waals surface area contributed by atoms with E-state index in [2.05, 4.69) is 35.6 Å². The van der Waals surface area contributed by atoms with Gasteiger partial charge in [-0.25, -0.2) is 9.36 Å². The van der Waals surface area contributed by atoms with Crippen LogP contribution in [0.15, 0.2) is 186 Å². The molecule has 0 bridgehead atoms. The molecule has 0 saturated carbocycles. The van der Waals surface area contributed by atoms with Crippen molar-refractivity contribution in [2.45, 2.75) is 52.7 Å². The summed E-state index contributed by atoms with van der Waals surface area (Å²) in [7, 11) is -18.0. The Morgan fingerprint density at radius 2 is 0.828 bits per heavy atom. The average Bonchev–Trinajstić information content (AvgIpc) is 1.76. The summed E-state index contributed by atoms with van der Waals surface area (Å²) in [6, 6.07) is 34.7. The molecule has 0 radical (unpaired) electrons. The van der Waals surface area contributed by atoms with Crippen LogP contribution in [0.3, 0.4) is 0 Å². The molecule has 9 N–H and O–H groups in total. The van der Waals surface area contributed by atoms with Gasteiger partial charge < -0.3 is 49.4 Å². The number of aryl methyl sites for hydroxylation is 2. The fourth-order valence-electron chi connectivity index (χ4n) is 8.76. The van der Waals surface area contributed by atoms with Gasteiger partial charge in [0.2, 0.25) is 0 Å². The van der Waals surface area contributed by atoms with E-state index in [4.69, 9.17) is 49.4 Å². The molecule has 0 spiro atoms. The SMILES string of the molecule is Cc1nn(-c2cccc(S(=O)(=O)O)c2)c(N)c1N=Nc1ccccc1S(=O)(=O)Oc1ccc(C(C)(C)c2ccc(OS(=O)(=O)c3ccccc3N=Nc3c(C)nn(-c4cccc(S(=O)(=O)O)c4)c3N)cc2)cc1.OCCOCCN(CCOCCO)CCOCCO.[Na+]. The van der Waals surface area contributed by atoms with E-state index < -0.39 is 45.9 Å². The predicted octanol–water partition coefficient (Wildman–Crippen LogP) is 4.34. The molecule has 8 rings (SSSR count). The number of nitrogen functional groups attached to an aromatic ring is 2. The van der Waals surface area contributed by atoms with Crippen molar-refractivity contribution in [3.8, 4) is 22.9 Å². The first-order valence-corrected chi connectivity index (χ1v) is 33.6. The van der Waals surface area contributed by atoms with Crippen LogP contribution in [0.5, 0.6) is 11.5 Å². The van der Waals surface area contributed by atoms with Gasteiger partial charge in [0.25, 0.3) is 20.2 Å². The van der Waals surface area contributed by atoms with Crippen molar-refractivity contribution in [1.29, 1.82) is 0 Å². The molecule has 0 aliphatic carbocycles. The largest absolute Gasteiger partial charge is 1.00 e. The van der Waals surface area contributed by atoms with Gasteiger partial charge in [0.1, 0.15) is 32.7 Å². The molecule has 6 aromatic carbocycles. The zero-order valence-electron chi connectivity index (χ0n) is 51.2. The molecule has 0 aliphatic heterocycles. The van der Waals surface area contributed by atoms with Gasteiger partial charge in [0.05, 0.1) is 92.0 Å². The van der Waals surface area contributed by atoms with Crippen LogP contribution in [-0.4, -0.2) is 162 Å². The summed E-state index contributed by atoms with van der Waals surface area (Å²) >= 11 is 0. The van der Waals surface area contributed by atoms with Gasteiger partial charge in [-0.3, -0.25) is 14.0 Å². The third-order valence-electron chi connectivity index (χ3n) is 13.6. The van der Waals surface area contributed by atoms with Gasteiger partial charge in [-0.05, 0) is 110 Å². The van der Waals surface area contributed by atoms with Gasteiger partial charge in [-0.1, -0.05) is 74.5 Å².